The number of carbonyl (C=O) groups is 1. The van der Waals surface area contributed by atoms with Crippen molar-refractivity contribution in [3.63, 3.8) is 0 Å². The largest absolute Gasteiger partial charge is 0.482 e. The van der Waals surface area contributed by atoms with Crippen LogP contribution in [-0.2, 0) is 4.79 Å². The highest BCUT2D eigenvalue weighted by atomic mass is 32.1. The molecule has 0 radical (unpaired) electrons. The van der Waals surface area contributed by atoms with Gasteiger partial charge in [-0.05, 0) is 49.7 Å². The Kier molecular flexibility index (Phi) is 4.08. The van der Waals surface area contributed by atoms with Crippen LogP contribution in [0.2, 0.25) is 0 Å². The normalized spacial score (nSPS) is 13.5. The Morgan fingerprint density at radius 2 is 2.12 bits per heavy atom. The summed E-state index contributed by atoms with van der Waals surface area (Å²) in [7, 11) is 0. The van der Waals surface area contributed by atoms with E-state index in [1.807, 2.05) is 50.2 Å². The molecular weight excluding hydrogens is 348 g/mol. The average Bonchev–Trinajstić information content (AvgIpc) is 3.03. The number of nitrogens with two attached hydrogens (primary N) is 1. The Hall–Kier alpha value is -2.93. The van der Waals surface area contributed by atoms with Gasteiger partial charge in [0.1, 0.15) is 11.4 Å². The molecule has 1 aliphatic heterocycles. The molecule has 0 atom stereocenters. The topological polar surface area (TPSA) is 81.3 Å². The molecule has 0 saturated carbocycles. The molecule has 4 rings (SSSR count). The lowest BCUT2D eigenvalue weighted by molar-refractivity contribution is -0.121. The van der Waals surface area contributed by atoms with Gasteiger partial charge in [0.2, 0.25) is 0 Å². The number of aromatic nitrogens is 2. The fourth-order valence-electron chi connectivity index (χ4n) is 3.07. The van der Waals surface area contributed by atoms with E-state index in [0.717, 1.165) is 33.2 Å². The highest BCUT2D eigenvalue weighted by molar-refractivity contribution is 7.19. The molecule has 1 amide bonds. The zero-order valence-electron chi connectivity index (χ0n) is 14.5. The quantitative estimate of drug-likeness (QED) is 0.767. The summed E-state index contributed by atoms with van der Waals surface area (Å²) in [5.74, 6) is 0.671. The van der Waals surface area contributed by atoms with E-state index in [1.165, 1.54) is 11.3 Å². The average molecular weight is 366 g/mol. The van der Waals surface area contributed by atoms with Crippen molar-refractivity contribution in [2.24, 2.45) is 0 Å². The molecule has 26 heavy (non-hydrogen) atoms. The van der Waals surface area contributed by atoms with Gasteiger partial charge in [0, 0.05) is 12.2 Å². The van der Waals surface area contributed by atoms with Crippen molar-refractivity contribution in [1.82, 2.24) is 9.97 Å². The number of fused-ring (bicyclic) bond motifs is 1. The SMILES string of the molecule is CCN1C(=O)COc2ccc(-c3sc(N)nc3-c3cccc(C)n3)cc21. The first-order valence-electron chi connectivity index (χ1n) is 8.34. The molecule has 0 aliphatic carbocycles. The van der Waals surface area contributed by atoms with E-state index in [-0.39, 0.29) is 12.5 Å². The van der Waals surface area contributed by atoms with Crippen molar-refractivity contribution in [1.29, 1.82) is 0 Å². The number of amides is 1. The van der Waals surface area contributed by atoms with Gasteiger partial charge in [-0.3, -0.25) is 9.78 Å². The first-order chi connectivity index (χ1) is 12.6. The van der Waals surface area contributed by atoms with Crippen LogP contribution < -0.4 is 15.4 Å². The van der Waals surface area contributed by atoms with E-state index in [4.69, 9.17) is 10.5 Å². The molecule has 0 saturated heterocycles. The lowest BCUT2D eigenvalue weighted by Gasteiger charge is -2.28. The van der Waals surface area contributed by atoms with Crippen LogP contribution in [0, 0.1) is 6.92 Å². The second-order valence-corrected chi connectivity index (χ2v) is 7.03. The van der Waals surface area contributed by atoms with Gasteiger partial charge < -0.3 is 15.4 Å². The van der Waals surface area contributed by atoms with Gasteiger partial charge in [0.15, 0.2) is 11.7 Å². The van der Waals surface area contributed by atoms with Crippen LogP contribution in [0.3, 0.4) is 0 Å². The van der Waals surface area contributed by atoms with Crippen LogP contribution in [0.5, 0.6) is 5.75 Å². The zero-order chi connectivity index (χ0) is 18.3. The number of carbonyl (C=O) groups excluding carboxylic acids is 1. The van der Waals surface area contributed by atoms with E-state index in [1.54, 1.807) is 4.90 Å². The summed E-state index contributed by atoms with van der Waals surface area (Å²) in [6.45, 7) is 4.56. The minimum atomic E-state index is -0.0402. The Morgan fingerprint density at radius 3 is 2.88 bits per heavy atom. The number of nitrogens with zero attached hydrogens (tertiary/aromatic N) is 3. The third kappa shape index (κ3) is 2.80. The van der Waals surface area contributed by atoms with Gasteiger partial charge in [-0.15, -0.1) is 0 Å². The second-order valence-electron chi connectivity index (χ2n) is 6.00. The highest BCUT2D eigenvalue weighted by Gasteiger charge is 2.25. The van der Waals surface area contributed by atoms with Crippen LogP contribution in [0.25, 0.3) is 21.8 Å². The van der Waals surface area contributed by atoms with Crippen molar-refractivity contribution in [2.75, 3.05) is 23.8 Å². The number of benzene rings is 1. The molecule has 1 aromatic carbocycles. The molecule has 3 aromatic rings. The Bertz CT molecular complexity index is 999. The molecular formula is C19H18N4O2S. The molecule has 132 valence electrons. The number of ether oxygens (including phenoxy) is 1. The van der Waals surface area contributed by atoms with Crippen LogP contribution in [0.15, 0.2) is 36.4 Å². The van der Waals surface area contributed by atoms with Gasteiger partial charge in [-0.25, -0.2) is 4.98 Å². The smallest absolute Gasteiger partial charge is 0.265 e. The summed E-state index contributed by atoms with van der Waals surface area (Å²) in [6.07, 6.45) is 0. The van der Waals surface area contributed by atoms with Crippen molar-refractivity contribution >= 4 is 28.1 Å². The lowest BCUT2D eigenvalue weighted by Crippen LogP contribution is -2.38. The summed E-state index contributed by atoms with van der Waals surface area (Å²) < 4.78 is 5.55. The molecule has 3 heterocycles. The number of aryl methyl sites for hydroxylation is 1. The van der Waals surface area contributed by atoms with Gasteiger partial charge in [0.25, 0.3) is 5.91 Å². The van der Waals surface area contributed by atoms with E-state index < -0.39 is 0 Å². The van der Waals surface area contributed by atoms with E-state index in [0.29, 0.717) is 17.4 Å². The molecule has 0 spiro atoms. The first kappa shape index (κ1) is 16.5. The second kappa shape index (κ2) is 6.42. The van der Waals surface area contributed by atoms with Crippen LogP contribution in [0.1, 0.15) is 12.6 Å². The third-order valence-corrected chi connectivity index (χ3v) is 5.19. The first-order valence-corrected chi connectivity index (χ1v) is 9.16. The summed E-state index contributed by atoms with van der Waals surface area (Å²) >= 11 is 1.41. The van der Waals surface area contributed by atoms with Crippen molar-refractivity contribution in [2.45, 2.75) is 13.8 Å². The summed E-state index contributed by atoms with van der Waals surface area (Å²) in [4.78, 5) is 23.8. The number of hydrogen-bond donors (Lipinski definition) is 1. The highest BCUT2D eigenvalue weighted by Crippen LogP contribution is 2.41. The number of rotatable bonds is 3. The maximum Gasteiger partial charge on any atom is 0.265 e. The number of hydrogen-bond acceptors (Lipinski definition) is 6. The Labute approximate surface area is 155 Å². The molecule has 0 fully saturated rings. The fraction of sp³-hybridized carbons (Fsp3) is 0.211. The molecule has 7 heteroatoms. The van der Waals surface area contributed by atoms with Gasteiger partial charge in [-0.2, -0.15) is 0 Å². The predicted octanol–water partition coefficient (Wildman–Crippen LogP) is 3.51. The number of likely N-dealkylation sites (N-methyl/N-ethyl adjacent to an activating group) is 1. The molecule has 2 N–H and O–H groups in total. The minimum Gasteiger partial charge on any atom is -0.482 e. The van der Waals surface area contributed by atoms with Crippen LogP contribution >= 0.6 is 11.3 Å². The molecule has 0 bridgehead atoms. The number of anilines is 2. The van der Waals surface area contributed by atoms with Gasteiger partial charge in [-0.1, -0.05) is 17.4 Å². The summed E-state index contributed by atoms with van der Waals surface area (Å²) in [5, 5.41) is 0.482. The van der Waals surface area contributed by atoms with E-state index in [2.05, 4.69) is 9.97 Å². The molecule has 2 aromatic heterocycles. The third-order valence-electron chi connectivity index (χ3n) is 4.26. The Morgan fingerprint density at radius 1 is 1.27 bits per heavy atom. The lowest BCUT2D eigenvalue weighted by atomic mass is 10.1. The van der Waals surface area contributed by atoms with E-state index in [9.17, 15) is 4.79 Å². The predicted molar refractivity (Wildman–Crippen MR) is 103 cm³/mol. The monoisotopic (exact) mass is 366 g/mol. The maximum absolute atomic E-state index is 12.1. The van der Waals surface area contributed by atoms with Crippen LogP contribution in [-0.4, -0.2) is 29.0 Å². The number of thiazole rings is 1. The van der Waals surface area contributed by atoms with Crippen molar-refractivity contribution < 1.29 is 9.53 Å². The van der Waals surface area contributed by atoms with Gasteiger partial charge in [0.05, 0.1) is 16.3 Å². The maximum atomic E-state index is 12.1. The Balaban J connectivity index is 1.85. The summed E-state index contributed by atoms with van der Waals surface area (Å²) in [6, 6.07) is 11.6. The van der Waals surface area contributed by atoms with Crippen molar-refractivity contribution in [3.05, 3.63) is 42.1 Å². The molecule has 1 aliphatic rings. The zero-order valence-corrected chi connectivity index (χ0v) is 15.3. The van der Waals surface area contributed by atoms with E-state index >= 15 is 0 Å². The number of nitrogen functional groups attached to an aromatic ring is 1. The summed E-state index contributed by atoms with van der Waals surface area (Å²) in [5.41, 5.74) is 10.2. The molecule has 0 unspecified atom stereocenters. The van der Waals surface area contributed by atoms with Crippen molar-refractivity contribution in [3.8, 4) is 27.6 Å². The molecule has 6 nitrogen and oxygen atoms in total. The minimum absolute atomic E-state index is 0.0402. The van der Waals surface area contributed by atoms with Crippen LogP contribution in [0.4, 0.5) is 10.8 Å². The standard InChI is InChI=1S/C19H18N4O2S/c1-3-23-14-9-12(7-8-15(14)25-10-16(23)24)18-17(22-19(20)26-18)13-6-4-5-11(2)21-13/h4-9H,3,10H2,1-2H3,(H2,20,22). The number of pyridine rings is 1. The fourth-order valence-corrected chi connectivity index (χ4v) is 3.91. The van der Waals surface area contributed by atoms with Gasteiger partial charge >= 0.3 is 0 Å².